The third kappa shape index (κ3) is 2.10. The molecule has 0 fully saturated rings. The van der Waals surface area contributed by atoms with Crippen LogP contribution in [0.25, 0.3) is 22.4 Å². The number of nitriles is 1. The zero-order valence-electron chi connectivity index (χ0n) is 11.0. The Morgan fingerprint density at radius 2 is 1.95 bits per heavy atom. The number of hydrogen-bond acceptors (Lipinski definition) is 2. The second-order valence-electron chi connectivity index (χ2n) is 4.50. The van der Waals surface area contributed by atoms with Crippen LogP contribution < -0.4 is 0 Å². The summed E-state index contributed by atoms with van der Waals surface area (Å²) in [4.78, 5) is 4.69. The first-order chi connectivity index (χ1) is 9.72. The predicted molar refractivity (Wildman–Crippen MR) is 83.3 cm³/mol. The van der Waals surface area contributed by atoms with Crippen LogP contribution in [0.15, 0.2) is 46.9 Å². The molecular weight excluding hydrogens is 314 g/mol. The van der Waals surface area contributed by atoms with Crippen molar-refractivity contribution in [3.63, 3.8) is 0 Å². The number of nitrogens with zero attached hydrogens (tertiary/aromatic N) is 3. The van der Waals surface area contributed by atoms with E-state index in [1.54, 1.807) is 0 Å². The summed E-state index contributed by atoms with van der Waals surface area (Å²) >= 11 is 3.44. The van der Waals surface area contributed by atoms with Gasteiger partial charge >= 0.3 is 0 Å². The fourth-order valence-corrected chi connectivity index (χ4v) is 2.60. The number of hydrogen-bond donors (Lipinski definition) is 0. The molecule has 98 valence electrons. The molecule has 0 saturated carbocycles. The molecule has 3 nitrogen and oxygen atoms in total. The van der Waals surface area contributed by atoms with Crippen LogP contribution in [0.2, 0.25) is 0 Å². The summed E-state index contributed by atoms with van der Waals surface area (Å²) in [5.41, 5.74) is 3.64. The van der Waals surface area contributed by atoms with Crippen LogP contribution in [0.4, 0.5) is 0 Å². The standard InChI is InChI=1S/C16H12BrN3/c1-2-20-15-8-3-11(10-18)9-14(15)19-16(20)12-4-6-13(17)7-5-12/h3-9H,2H2,1H3. The van der Waals surface area contributed by atoms with Crippen molar-refractivity contribution in [2.75, 3.05) is 0 Å². The van der Waals surface area contributed by atoms with Crippen molar-refractivity contribution in [3.8, 4) is 17.5 Å². The highest BCUT2D eigenvalue weighted by Crippen LogP contribution is 2.26. The summed E-state index contributed by atoms with van der Waals surface area (Å²) in [6.45, 7) is 2.94. The first-order valence-corrected chi connectivity index (χ1v) is 7.18. The van der Waals surface area contributed by atoms with Crippen LogP contribution >= 0.6 is 15.9 Å². The van der Waals surface area contributed by atoms with Crippen LogP contribution in [0.5, 0.6) is 0 Å². The molecule has 0 N–H and O–H groups in total. The van der Waals surface area contributed by atoms with Gasteiger partial charge in [0.2, 0.25) is 0 Å². The van der Waals surface area contributed by atoms with Gasteiger partial charge in [0.15, 0.2) is 0 Å². The van der Waals surface area contributed by atoms with Crippen molar-refractivity contribution in [1.82, 2.24) is 9.55 Å². The third-order valence-corrected chi connectivity index (χ3v) is 3.82. The molecule has 0 atom stereocenters. The highest BCUT2D eigenvalue weighted by atomic mass is 79.9. The number of imidazole rings is 1. The van der Waals surface area contributed by atoms with Gasteiger partial charge in [0, 0.05) is 16.6 Å². The van der Waals surface area contributed by atoms with E-state index < -0.39 is 0 Å². The zero-order chi connectivity index (χ0) is 14.1. The van der Waals surface area contributed by atoms with E-state index in [9.17, 15) is 0 Å². The molecule has 0 aliphatic rings. The average Bonchev–Trinajstić information content (AvgIpc) is 2.85. The van der Waals surface area contributed by atoms with Gasteiger partial charge in [0.1, 0.15) is 5.82 Å². The van der Waals surface area contributed by atoms with Crippen LogP contribution in [-0.2, 0) is 6.54 Å². The van der Waals surface area contributed by atoms with Gasteiger partial charge in [-0.3, -0.25) is 0 Å². The molecule has 0 aliphatic carbocycles. The molecule has 0 unspecified atom stereocenters. The number of halogens is 1. The fraction of sp³-hybridized carbons (Fsp3) is 0.125. The number of aromatic nitrogens is 2. The Labute approximate surface area is 125 Å². The fourth-order valence-electron chi connectivity index (χ4n) is 2.34. The van der Waals surface area contributed by atoms with Crippen LogP contribution in [0, 0.1) is 11.3 Å². The number of rotatable bonds is 2. The quantitative estimate of drug-likeness (QED) is 0.702. The van der Waals surface area contributed by atoms with E-state index in [0.717, 1.165) is 33.4 Å². The molecule has 2 aromatic carbocycles. The summed E-state index contributed by atoms with van der Waals surface area (Å²) < 4.78 is 3.21. The minimum atomic E-state index is 0.639. The number of aryl methyl sites for hydroxylation is 1. The Morgan fingerprint density at radius 3 is 2.60 bits per heavy atom. The van der Waals surface area contributed by atoms with Gasteiger partial charge in [0.25, 0.3) is 0 Å². The largest absolute Gasteiger partial charge is 0.324 e. The Bertz CT molecular complexity index is 810. The lowest BCUT2D eigenvalue weighted by Crippen LogP contribution is -1.97. The van der Waals surface area contributed by atoms with Crippen molar-refractivity contribution in [1.29, 1.82) is 5.26 Å². The number of benzene rings is 2. The minimum Gasteiger partial charge on any atom is -0.324 e. The molecule has 1 aromatic heterocycles. The highest BCUT2D eigenvalue weighted by Gasteiger charge is 2.11. The smallest absolute Gasteiger partial charge is 0.141 e. The molecule has 3 rings (SSSR count). The molecule has 0 radical (unpaired) electrons. The van der Waals surface area contributed by atoms with Gasteiger partial charge in [-0.25, -0.2) is 4.98 Å². The molecule has 1 heterocycles. The Hall–Kier alpha value is -2.12. The molecule has 0 spiro atoms. The van der Waals surface area contributed by atoms with E-state index in [1.807, 2.05) is 42.5 Å². The monoisotopic (exact) mass is 325 g/mol. The van der Waals surface area contributed by atoms with E-state index in [4.69, 9.17) is 5.26 Å². The lowest BCUT2D eigenvalue weighted by molar-refractivity contribution is 0.796. The van der Waals surface area contributed by atoms with Gasteiger partial charge in [0.05, 0.1) is 22.7 Å². The summed E-state index contributed by atoms with van der Waals surface area (Å²) in [5.74, 6) is 0.935. The van der Waals surface area contributed by atoms with E-state index in [-0.39, 0.29) is 0 Å². The highest BCUT2D eigenvalue weighted by molar-refractivity contribution is 9.10. The molecule has 0 bridgehead atoms. The lowest BCUT2D eigenvalue weighted by Gasteiger charge is -2.06. The SMILES string of the molecule is CCn1c(-c2ccc(Br)cc2)nc2cc(C#N)ccc21. The zero-order valence-corrected chi connectivity index (χ0v) is 12.6. The topological polar surface area (TPSA) is 41.6 Å². The van der Waals surface area contributed by atoms with E-state index in [0.29, 0.717) is 5.56 Å². The Kier molecular flexibility index (Phi) is 3.29. The molecule has 0 amide bonds. The first-order valence-electron chi connectivity index (χ1n) is 6.39. The van der Waals surface area contributed by atoms with Crippen molar-refractivity contribution in [2.45, 2.75) is 13.5 Å². The van der Waals surface area contributed by atoms with Crippen molar-refractivity contribution < 1.29 is 0 Å². The lowest BCUT2D eigenvalue weighted by atomic mass is 10.2. The molecular formula is C16H12BrN3. The summed E-state index contributed by atoms with van der Waals surface area (Å²) in [6.07, 6.45) is 0. The van der Waals surface area contributed by atoms with Crippen molar-refractivity contribution >= 4 is 27.0 Å². The summed E-state index contributed by atoms with van der Waals surface area (Å²) in [7, 11) is 0. The maximum absolute atomic E-state index is 8.99. The minimum absolute atomic E-state index is 0.639. The summed E-state index contributed by atoms with van der Waals surface area (Å²) in [5, 5.41) is 8.99. The molecule has 3 aromatic rings. The van der Waals surface area contributed by atoms with Crippen molar-refractivity contribution in [2.24, 2.45) is 0 Å². The Balaban J connectivity index is 2.25. The van der Waals surface area contributed by atoms with E-state index in [2.05, 4.69) is 38.5 Å². The van der Waals surface area contributed by atoms with Crippen LogP contribution in [0.1, 0.15) is 12.5 Å². The molecule has 0 aliphatic heterocycles. The van der Waals surface area contributed by atoms with E-state index >= 15 is 0 Å². The molecule has 4 heteroatoms. The molecule has 0 saturated heterocycles. The Morgan fingerprint density at radius 1 is 1.20 bits per heavy atom. The van der Waals surface area contributed by atoms with E-state index in [1.165, 1.54) is 0 Å². The van der Waals surface area contributed by atoms with Crippen LogP contribution in [0.3, 0.4) is 0 Å². The summed E-state index contributed by atoms with van der Waals surface area (Å²) in [6, 6.07) is 15.9. The van der Waals surface area contributed by atoms with Crippen molar-refractivity contribution in [3.05, 3.63) is 52.5 Å². The van der Waals surface area contributed by atoms with Gasteiger partial charge in [-0.2, -0.15) is 5.26 Å². The first kappa shape index (κ1) is 12.9. The maximum atomic E-state index is 8.99. The second-order valence-corrected chi connectivity index (χ2v) is 5.42. The average molecular weight is 326 g/mol. The normalized spacial score (nSPS) is 10.7. The third-order valence-electron chi connectivity index (χ3n) is 3.30. The van der Waals surface area contributed by atoms with Gasteiger partial charge in [-0.15, -0.1) is 0 Å². The number of fused-ring (bicyclic) bond motifs is 1. The van der Waals surface area contributed by atoms with Gasteiger partial charge in [-0.05, 0) is 37.3 Å². The predicted octanol–water partition coefficient (Wildman–Crippen LogP) is 4.36. The maximum Gasteiger partial charge on any atom is 0.141 e. The van der Waals surface area contributed by atoms with Crippen LogP contribution in [-0.4, -0.2) is 9.55 Å². The van der Waals surface area contributed by atoms with Gasteiger partial charge in [-0.1, -0.05) is 28.1 Å². The van der Waals surface area contributed by atoms with Gasteiger partial charge < -0.3 is 4.57 Å². The second kappa shape index (κ2) is 5.10. The molecule has 20 heavy (non-hydrogen) atoms.